The summed E-state index contributed by atoms with van der Waals surface area (Å²) in [5, 5.41) is 17.9. The summed E-state index contributed by atoms with van der Waals surface area (Å²) in [5.74, 6) is 2.49. The minimum absolute atomic E-state index is 0.453. The summed E-state index contributed by atoms with van der Waals surface area (Å²) in [7, 11) is 0. The molecule has 23 heavy (non-hydrogen) atoms. The van der Waals surface area contributed by atoms with E-state index in [0.29, 0.717) is 19.0 Å². The molecule has 1 aromatic rings. The Morgan fingerprint density at radius 3 is 2.57 bits per heavy atom. The van der Waals surface area contributed by atoms with Crippen LogP contribution in [0.4, 0.5) is 0 Å². The van der Waals surface area contributed by atoms with Crippen LogP contribution in [-0.2, 0) is 17.9 Å². The van der Waals surface area contributed by atoms with Crippen LogP contribution in [0.3, 0.4) is 0 Å². The van der Waals surface area contributed by atoms with Crippen LogP contribution in [0, 0.1) is 18.8 Å². The molecule has 1 saturated carbocycles. The molecule has 2 heterocycles. The molecule has 1 aromatic heterocycles. The number of nitrogens with zero attached hydrogens (tertiary/aromatic N) is 4. The molecule has 2 aliphatic rings. The lowest BCUT2D eigenvalue weighted by Crippen LogP contribution is -2.49. The van der Waals surface area contributed by atoms with E-state index in [1.807, 2.05) is 11.5 Å². The quantitative estimate of drug-likeness (QED) is 0.902. The third-order valence-electron chi connectivity index (χ3n) is 5.59. The zero-order valence-electron chi connectivity index (χ0n) is 14.2. The third-order valence-corrected chi connectivity index (χ3v) is 5.59. The lowest BCUT2D eigenvalue weighted by molar-refractivity contribution is -0.145. The van der Waals surface area contributed by atoms with Crippen LogP contribution in [0.25, 0.3) is 0 Å². The predicted octanol–water partition coefficient (Wildman–Crippen LogP) is 2.46. The van der Waals surface area contributed by atoms with Gasteiger partial charge in [-0.25, -0.2) is 0 Å². The first-order valence-corrected chi connectivity index (χ1v) is 8.94. The van der Waals surface area contributed by atoms with E-state index < -0.39 is 12.0 Å². The molecule has 0 saturated heterocycles. The summed E-state index contributed by atoms with van der Waals surface area (Å²) in [6, 6.07) is -0.453. The van der Waals surface area contributed by atoms with Gasteiger partial charge < -0.3 is 9.67 Å². The van der Waals surface area contributed by atoms with Gasteiger partial charge in [-0.1, -0.05) is 32.6 Å². The van der Waals surface area contributed by atoms with Crippen LogP contribution in [0.2, 0.25) is 0 Å². The van der Waals surface area contributed by atoms with Crippen molar-refractivity contribution in [3.8, 4) is 0 Å². The van der Waals surface area contributed by atoms with Crippen molar-refractivity contribution in [3.05, 3.63) is 11.6 Å². The summed E-state index contributed by atoms with van der Waals surface area (Å²) in [4.78, 5) is 13.8. The molecule has 0 aromatic carbocycles. The minimum Gasteiger partial charge on any atom is -0.480 e. The Bertz CT molecular complexity index is 549. The zero-order chi connectivity index (χ0) is 16.4. The van der Waals surface area contributed by atoms with E-state index in [1.54, 1.807) is 0 Å². The Morgan fingerprint density at radius 1 is 1.22 bits per heavy atom. The number of fused-ring (bicyclic) bond motifs is 1. The topological polar surface area (TPSA) is 71.2 Å². The second kappa shape index (κ2) is 6.99. The van der Waals surface area contributed by atoms with Gasteiger partial charge in [0, 0.05) is 6.54 Å². The van der Waals surface area contributed by atoms with Crippen molar-refractivity contribution in [1.29, 1.82) is 0 Å². The Hall–Kier alpha value is -1.43. The van der Waals surface area contributed by atoms with Crippen LogP contribution in [0.1, 0.15) is 57.1 Å². The van der Waals surface area contributed by atoms with Crippen molar-refractivity contribution in [2.24, 2.45) is 11.8 Å². The fourth-order valence-electron chi connectivity index (χ4n) is 4.23. The first kappa shape index (κ1) is 16.4. The van der Waals surface area contributed by atoms with Crippen molar-refractivity contribution in [2.75, 3.05) is 6.54 Å². The van der Waals surface area contributed by atoms with Crippen LogP contribution >= 0.6 is 0 Å². The van der Waals surface area contributed by atoms with E-state index in [1.165, 1.54) is 38.5 Å². The summed E-state index contributed by atoms with van der Waals surface area (Å²) in [5.41, 5.74) is 0. The van der Waals surface area contributed by atoms with Gasteiger partial charge in [-0.05, 0) is 31.6 Å². The van der Waals surface area contributed by atoms with Crippen LogP contribution in [0.15, 0.2) is 0 Å². The third kappa shape index (κ3) is 3.57. The highest BCUT2D eigenvalue weighted by Crippen LogP contribution is 2.33. The highest BCUT2D eigenvalue weighted by Gasteiger charge is 2.35. The van der Waals surface area contributed by atoms with Crippen LogP contribution in [0.5, 0.6) is 0 Å². The van der Waals surface area contributed by atoms with Crippen molar-refractivity contribution < 1.29 is 9.90 Å². The molecule has 0 spiro atoms. The fraction of sp³-hybridized carbons (Fsp3) is 0.824. The Labute approximate surface area is 137 Å². The normalized spacial score (nSPS) is 28.5. The molecule has 1 aliphatic heterocycles. The van der Waals surface area contributed by atoms with E-state index in [2.05, 4.69) is 22.0 Å². The highest BCUT2D eigenvalue weighted by molar-refractivity contribution is 5.73. The molecule has 1 unspecified atom stereocenters. The summed E-state index contributed by atoms with van der Waals surface area (Å²) >= 11 is 0. The van der Waals surface area contributed by atoms with Gasteiger partial charge in [0.15, 0.2) is 0 Å². The molecule has 1 N–H and O–H groups in total. The molecule has 0 amide bonds. The highest BCUT2D eigenvalue weighted by atomic mass is 16.4. The molecule has 1 atom stereocenters. The average molecular weight is 320 g/mol. The molecule has 1 fully saturated rings. The first-order valence-electron chi connectivity index (χ1n) is 8.94. The summed E-state index contributed by atoms with van der Waals surface area (Å²) in [6.45, 7) is 6.10. The number of carboxylic acids is 1. The van der Waals surface area contributed by atoms with Crippen molar-refractivity contribution in [2.45, 2.75) is 71.5 Å². The van der Waals surface area contributed by atoms with Crippen molar-refractivity contribution in [1.82, 2.24) is 19.7 Å². The Kier molecular flexibility index (Phi) is 4.99. The lowest BCUT2D eigenvalue weighted by atomic mass is 9.79. The molecule has 3 rings (SSSR count). The maximum atomic E-state index is 11.7. The van der Waals surface area contributed by atoms with Gasteiger partial charge in [-0.15, -0.1) is 10.2 Å². The molecule has 6 heteroatoms. The monoisotopic (exact) mass is 320 g/mol. The van der Waals surface area contributed by atoms with E-state index in [0.717, 1.165) is 24.1 Å². The van der Waals surface area contributed by atoms with Gasteiger partial charge in [0.2, 0.25) is 0 Å². The van der Waals surface area contributed by atoms with Gasteiger partial charge in [0.25, 0.3) is 0 Å². The maximum absolute atomic E-state index is 11.7. The van der Waals surface area contributed by atoms with Crippen molar-refractivity contribution >= 4 is 5.97 Å². The zero-order valence-corrected chi connectivity index (χ0v) is 14.2. The van der Waals surface area contributed by atoms with Gasteiger partial charge in [0.1, 0.15) is 17.7 Å². The van der Waals surface area contributed by atoms with Crippen LogP contribution in [-0.4, -0.2) is 43.3 Å². The SMILES string of the molecule is CCCC1CCC(CN2Cc3nnc(C)n3CC2C(=O)O)CC1. The number of aromatic nitrogens is 3. The molecular weight excluding hydrogens is 292 g/mol. The minimum atomic E-state index is -0.733. The second-order valence-electron chi connectivity index (χ2n) is 7.23. The van der Waals surface area contributed by atoms with Gasteiger partial charge in [-0.3, -0.25) is 9.69 Å². The smallest absolute Gasteiger partial charge is 0.322 e. The van der Waals surface area contributed by atoms with Gasteiger partial charge in [0.05, 0.1) is 13.1 Å². The maximum Gasteiger partial charge on any atom is 0.322 e. The number of hydrogen-bond acceptors (Lipinski definition) is 4. The largest absolute Gasteiger partial charge is 0.480 e. The number of carboxylic acid groups (broad SMARTS) is 1. The molecular formula is C17H28N4O2. The molecule has 0 bridgehead atoms. The molecule has 0 radical (unpaired) electrons. The number of rotatable bonds is 5. The standard InChI is InChI=1S/C17H28N4O2/c1-3-4-13-5-7-14(8-6-13)9-20-11-16-19-18-12(2)21(16)10-15(20)17(22)23/h13-15H,3-11H2,1-2H3,(H,22,23). The van der Waals surface area contributed by atoms with E-state index >= 15 is 0 Å². The predicted molar refractivity (Wildman–Crippen MR) is 86.9 cm³/mol. The summed E-state index contributed by atoms with van der Waals surface area (Å²) < 4.78 is 1.95. The lowest BCUT2D eigenvalue weighted by Gasteiger charge is -2.37. The first-order chi connectivity index (χ1) is 11.1. The molecule has 6 nitrogen and oxygen atoms in total. The van der Waals surface area contributed by atoms with E-state index in [-0.39, 0.29) is 0 Å². The van der Waals surface area contributed by atoms with Gasteiger partial charge in [-0.2, -0.15) is 0 Å². The van der Waals surface area contributed by atoms with Crippen LogP contribution < -0.4 is 0 Å². The Balaban J connectivity index is 1.63. The number of carbonyl (C=O) groups is 1. The average Bonchev–Trinajstić information content (AvgIpc) is 2.89. The van der Waals surface area contributed by atoms with E-state index in [9.17, 15) is 9.90 Å². The summed E-state index contributed by atoms with van der Waals surface area (Å²) in [6.07, 6.45) is 7.70. The number of aryl methyl sites for hydroxylation is 1. The molecule has 128 valence electrons. The number of hydrogen-bond donors (Lipinski definition) is 1. The Morgan fingerprint density at radius 2 is 1.91 bits per heavy atom. The van der Waals surface area contributed by atoms with Gasteiger partial charge >= 0.3 is 5.97 Å². The van der Waals surface area contributed by atoms with Crippen molar-refractivity contribution in [3.63, 3.8) is 0 Å². The second-order valence-corrected chi connectivity index (χ2v) is 7.23. The molecule has 1 aliphatic carbocycles. The fourth-order valence-corrected chi connectivity index (χ4v) is 4.23. The van der Waals surface area contributed by atoms with E-state index in [4.69, 9.17) is 0 Å². The number of aliphatic carboxylic acids is 1.